The molecule has 0 bridgehead atoms. The van der Waals surface area contributed by atoms with E-state index in [9.17, 15) is 14.4 Å². The van der Waals surface area contributed by atoms with Gasteiger partial charge in [0.05, 0.1) is 25.1 Å². The molecule has 0 saturated carbocycles. The summed E-state index contributed by atoms with van der Waals surface area (Å²) < 4.78 is 5.30. The fourth-order valence-corrected chi connectivity index (χ4v) is 2.25. The Kier molecular flexibility index (Phi) is 4.57. The SMILES string of the molecule is CCc1ccc(C(=O)OC2CC(=O)N(CC(N)=O)C2)cc1. The predicted molar refractivity (Wildman–Crippen MR) is 75.4 cm³/mol. The van der Waals surface area contributed by atoms with Gasteiger partial charge in [0.1, 0.15) is 6.10 Å². The molecule has 6 heteroatoms. The van der Waals surface area contributed by atoms with Gasteiger partial charge < -0.3 is 15.4 Å². The van der Waals surface area contributed by atoms with Crippen LogP contribution in [-0.2, 0) is 20.7 Å². The summed E-state index contributed by atoms with van der Waals surface area (Å²) in [5.41, 5.74) is 6.65. The summed E-state index contributed by atoms with van der Waals surface area (Å²) >= 11 is 0. The molecule has 2 amide bonds. The maximum atomic E-state index is 12.0. The first kappa shape index (κ1) is 15.0. The number of likely N-dealkylation sites (tertiary alicyclic amines) is 1. The monoisotopic (exact) mass is 290 g/mol. The van der Waals surface area contributed by atoms with Gasteiger partial charge in [-0.1, -0.05) is 19.1 Å². The van der Waals surface area contributed by atoms with Crippen LogP contribution in [0.3, 0.4) is 0 Å². The van der Waals surface area contributed by atoms with E-state index in [4.69, 9.17) is 10.5 Å². The second-order valence-electron chi connectivity index (χ2n) is 5.02. The first-order chi connectivity index (χ1) is 9.99. The largest absolute Gasteiger partial charge is 0.456 e. The highest BCUT2D eigenvalue weighted by Gasteiger charge is 2.33. The number of hydrogen-bond acceptors (Lipinski definition) is 4. The highest BCUT2D eigenvalue weighted by Crippen LogP contribution is 2.16. The van der Waals surface area contributed by atoms with Crippen molar-refractivity contribution in [2.24, 2.45) is 5.73 Å². The molecule has 1 fully saturated rings. The molecule has 0 aromatic heterocycles. The normalized spacial score (nSPS) is 17.9. The van der Waals surface area contributed by atoms with Gasteiger partial charge in [-0.3, -0.25) is 9.59 Å². The lowest BCUT2D eigenvalue weighted by atomic mass is 10.1. The number of primary amides is 1. The van der Waals surface area contributed by atoms with Gasteiger partial charge in [-0.25, -0.2) is 4.79 Å². The third-order valence-corrected chi connectivity index (χ3v) is 3.40. The molecule has 0 aliphatic carbocycles. The molecule has 112 valence electrons. The fraction of sp³-hybridized carbons (Fsp3) is 0.400. The number of hydrogen-bond donors (Lipinski definition) is 1. The summed E-state index contributed by atoms with van der Waals surface area (Å²) in [5, 5.41) is 0. The molecule has 1 saturated heterocycles. The van der Waals surface area contributed by atoms with Crippen LogP contribution in [0.2, 0.25) is 0 Å². The van der Waals surface area contributed by atoms with Crippen LogP contribution in [0.15, 0.2) is 24.3 Å². The predicted octanol–water partition coefficient (Wildman–Crippen LogP) is 0.492. The highest BCUT2D eigenvalue weighted by molar-refractivity contribution is 5.90. The van der Waals surface area contributed by atoms with Gasteiger partial charge in [0.2, 0.25) is 11.8 Å². The van der Waals surface area contributed by atoms with Crippen molar-refractivity contribution in [3.05, 3.63) is 35.4 Å². The van der Waals surface area contributed by atoms with Crippen molar-refractivity contribution in [3.8, 4) is 0 Å². The number of aryl methyl sites for hydroxylation is 1. The van der Waals surface area contributed by atoms with E-state index in [0.717, 1.165) is 12.0 Å². The zero-order valence-electron chi connectivity index (χ0n) is 11.9. The molecule has 1 heterocycles. The lowest BCUT2D eigenvalue weighted by Crippen LogP contribution is -2.35. The smallest absolute Gasteiger partial charge is 0.338 e. The molecule has 21 heavy (non-hydrogen) atoms. The third kappa shape index (κ3) is 3.81. The number of amides is 2. The average Bonchev–Trinajstić information content (AvgIpc) is 2.78. The van der Waals surface area contributed by atoms with E-state index in [1.807, 2.05) is 19.1 Å². The van der Waals surface area contributed by atoms with E-state index < -0.39 is 18.0 Å². The van der Waals surface area contributed by atoms with Gasteiger partial charge in [-0.2, -0.15) is 0 Å². The first-order valence-electron chi connectivity index (χ1n) is 6.85. The lowest BCUT2D eigenvalue weighted by Gasteiger charge is -2.14. The number of rotatable bonds is 5. The first-order valence-corrected chi connectivity index (χ1v) is 6.85. The second kappa shape index (κ2) is 6.39. The van der Waals surface area contributed by atoms with Crippen molar-refractivity contribution in [2.45, 2.75) is 25.9 Å². The summed E-state index contributed by atoms with van der Waals surface area (Å²) in [6.07, 6.45) is 0.454. The standard InChI is InChI=1S/C15H18N2O4/c1-2-10-3-5-11(6-4-10)15(20)21-12-7-14(19)17(8-12)9-13(16)18/h3-6,12H,2,7-9H2,1H3,(H2,16,18). The zero-order chi connectivity index (χ0) is 15.4. The van der Waals surface area contributed by atoms with Crippen LogP contribution < -0.4 is 5.73 Å². The molecule has 1 aliphatic heterocycles. The fourth-order valence-electron chi connectivity index (χ4n) is 2.25. The van der Waals surface area contributed by atoms with Gasteiger partial charge in [0.25, 0.3) is 0 Å². The average molecular weight is 290 g/mol. The van der Waals surface area contributed by atoms with Crippen molar-refractivity contribution in [3.63, 3.8) is 0 Å². The maximum Gasteiger partial charge on any atom is 0.338 e. The van der Waals surface area contributed by atoms with Crippen LogP contribution in [0.1, 0.15) is 29.3 Å². The molecular formula is C15H18N2O4. The molecular weight excluding hydrogens is 272 g/mol. The van der Waals surface area contributed by atoms with Gasteiger partial charge >= 0.3 is 5.97 Å². The highest BCUT2D eigenvalue weighted by atomic mass is 16.5. The Bertz CT molecular complexity index is 553. The van der Waals surface area contributed by atoms with Gasteiger partial charge in [-0.05, 0) is 24.1 Å². The van der Waals surface area contributed by atoms with Crippen molar-refractivity contribution in [1.82, 2.24) is 4.90 Å². The Balaban J connectivity index is 1.94. The molecule has 6 nitrogen and oxygen atoms in total. The molecule has 1 aromatic rings. The minimum Gasteiger partial charge on any atom is -0.456 e. The van der Waals surface area contributed by atoms with Crippen molar-refractivity contribution in [1.29, 1.82) is 0 Å². The van der Waals surface area contributed by atoms with Gasteiger partial charge in [-0.15, -0.1) is 0 Å². The number of benzene rings is 1. The zero-order valence-corrected chi connectivity index (χ0v) is 11.9. The van der Waals surface area contributed by atoms with Crippen molar-refractivity contribution in [2.75, 3.05) is 13.1 Å². The number of esters is 1. The summed E-state index contributed by atoms with van der Waals surface area (Å²) in [7, 11) is 0. The van der Waals surface area contributed by atoms with Crippen LogP contribution in [0, 0.1) is 0 Å². The number of carbonyl (C=O) groups excluding carboxylic acids is 3. The lowest BCUT2D eigenvalue weighted by molar-refractivity contribution is -0.132. The topological polar surface area (TPSA) is 89.7 Å². The number of ether oxygens (including phenoxy) is 1. The van der Waals surface area contributed by atoms with E-state index in [1.54, 1.807) is 12.1 Å². The molecule has 2 rings (SSSR count). The van der Waals surface area contributed by atoms with E-state index in [1.165, 1.54) is 4.90 Å². The summed E-state index contributed by atoms with van der Waals surface area (Å²) in [6, 6.07) is 7.16. The van der Waals surface area contributed by atoms with Gasteiger partial charge in [0, 0.05) is 0 Å². The Hall–Kier alpha value is -2.37. The Morgan fingerprint density at radius 2 is 2.00 bits per heavy atom. The van der Waals surface area contributed by atoms with Crippen LogP contribution >= 0.6 is 0 Å². The molecule has 1 atom stereocenters. The minimum atomic E-state index is -0.578. The minimum absolute atomic E-state index is 0.0893. The van der Waals surface area contributed by atoms with Crippen LogP contribution in [0.25, 0.3) is 0 Å². The number of carbonyl (C=O) groups is 3. The third-order valence-electron chi connectivity index (χ3n) is 3.40. The molecule has 2 N–H and O–H groups in total. The van der Waals surface area contributed by atoms with Gasteiger partial charge in [0.15, 0.2) is 0 Å². The quantitative estimate of drug-likeness (QED) is 0.799. The molecule has 1 unspecified atom stereocenters. The summed E-state index contributed by atoms with van der Waals surface area (Å²) in [6.45, 7) is 2.10. The Labute approximate surface area is 122 Å². The van der Waals surface area contributed by atoms with Crippen LogP contribution in [-0.4, -0.2) is 41.9 Å². The van der Waals surface area contributed by atoms with E-state index in [0.29, 0.717) is 5.56 Å². The van der Waals surface area contributed by atoms with E-state index >= 15 is 0 Å². The van der Waals surface area contributed by atoms with E-state index in [2.05, 4.69) is 0 Å². The molecule has 1 aliphatic rings. The molecule has 1 aromatic carbocycles. The number of nitrogens with two attached hydrogens (primary N) is 1. The van der Waals surface area contributed by atoms with Crippen LogP contribution in [0.5, 0.6) is 0 Å². The van der Waals surface area contributed by atoms with E-state index in [-0.39, 0.29) is 25.4 Å². The Morgan fingerprint density at radius 3 is 2.57 bits per heavy atom. The Morgan fingerprint density at radius 1 is 1.33 bits per heavy atom. The second-order valence-corrected chi connectivity index (χ2v) is 5.02. The van der Waals surface area contributed by atoms with Crippen molar-refractivity contribution < 1.29 is 19.1 Å². The summed E-state index contributed by atoms with van der Waals surface area (Å²) in [5.74, 6) is -1.27. The molecule has 0 radical (unpaired) electrons. The van der Waals surface area contributed by atoms with Crippen molar-refractivity contribution >= 4 is 17.8 Å². The molecule has 0 spiro atoms. The van der Waals surface area contributed by atoms with Crippen LogP contribution in [0.4, 0.5) is 0 Å². The number of nitrogens with zero attached hydrogens (tertiary/aromatic N) is 1. The summed E-state index contributed by atoms with van der Waals surface area (Å²) in [4.78, 5) is 35.8. The maximum absolute atomic E-state index is 12.0.